The largest absolute Gasteiger partial charge is 0.504 e. The van der Waals surface area contributed by atoms with Gasteiger partial charge in [0.15, 0.2) is 34.5 Å². The van der Waals surface area contributed by atoms with Crippen LogP contribution < -0.4 is 9.47 Å². The number of carbonyl (C=O) groups is 2. The average Bonchev–Trinajstić information content (AvgIpc) is 3.43. The number of phenols is 3. The van der Waals surface area contributed by atoms with Gasteiger partial charge in [0.05, 0.1) is 5.92 Å². The van der Waals surface area contributed by atoms with E-state index < -0.39 is 41.0 Å². The molecule has 4 N–H and O–H groups in total. The Kier molecular flexibility index (Phi) is 4.85. The molecule has 0 radical (unpaired) electrons. The second-order valence-corrected chi connectivity index (χ2v) is 8.52. The zero-order valence-corrected chi connectivity index (χ0v) is 17.2. The molecule has 0 amide bonds. The molecule has 32 heavy (non-hydrogen) atoms. The fourth-order valence-corrected chi connectivity index (χ4v) is 5.16. The second kappa shape index (κ2) is 7.59. The van der Waals surface area contributed by atoms with Gasteiger partial charge in [0.1, 0.15) is 0 Å². The van der Waals surface area contributed by atoms with Gasteiger partial charge in [-0.3, -0.25) is 9.59 Å². The van der Waals surface area contributed by atoms with Crippen LogP contribution in [0, 0.1) is 11.8 Å². The molecule has 5 rings (SSSR count). The quantitative estimate of drug-likeness (QED) is 0.527. The number of rotatable bonds is 4. The summed E-state index contributed by atoms with van der Waals surface area (Å²) in [6.07, 6.45) is 1.99. The maximum Gasteiger partial charge on any atom is 0.308 e. The van der Waals surface area contributed by atoms with Crippen molar-refractivity contribution in [3.05, 3.63) is 41.0 Å². The fourth-order valence-electron chi connectivity index (χ4n) is 5.16. The molecule has 0 bridgehead atoms. The Hall–Kier alpha value is -3.46. The predicted molar refractivity (Wildman–Crippen MR) is 110 cm³/mol. The van der Waals surface area contributed by atoms with Crippen LogP contribution in [0.3, 0.4) is 0 Å². The molecule has 0 aromatic heterocycles. The number of ketones is 1. The van der Waals surface area contributed by atoms with E-state index in [1.807, 2.05) is 0 Å². The van der Waals surface area contributed by atoms with Gasteiger partial charge in [-0.25, -0.2) is 0 Å². The van der Waals surface area contributed by atoms with E-state index in [4.69, 9.17) is 9.47 Å². The number of carboxylic acids is 1. The number of nitrogens with zero attached hydrogens (tertiary/aromatic N) is 1. The summed E-state index contributed by atoms with van der Waals surface area (Å²) in [6.45, 7) is 1.90. The normalized spacial score (nSPS) is 24.5. The highest BCUT2D eigenvalue weighted by Crippen LogP contribution is 2.50. The summed E-state index contributed by atoms with van der Waals surface area (Å²) < 4.78 is 10.9. The molecule has 1 saturated heterocycles. The second-order valence-electron chi connectivity index (χ2n) is 8.52. The summed E-state index contributed by atoms with van der Waals surface area (Å²) in [5.41, 5.74) is 1.05. The number of likely N-dealkylation sites (tertiary alicyclic amines) is 1. The van der Waals surface area contributed by atoms with Crippen LogP contribution in [0.2, 0.25) is 0 Å². The smallest absolute Gasteiger partial charge is 0.308 e. The molecule has 2 aromatic rings. The van der Waals surface area contributed by atoms with Gasteiger partial charge >= 0.3 is 5.97 Å². The van der Waals surface area contributed by atoms with Crippen molar-refractivity contribution >= 4 is 11.8 Å². The molecular weight excluding hydrogens is 418 g/mol. The first-order chi connectivity index (χ1) is 15.3. The van der Waals surface area contributed by atoms with Crippen molar-refractivity contribution in [3.8, 4) is 28.7 Å². The summed E-state index contributed by atoms with van der Waals surface area (Å²) in [4.78, 5) is 28.2. The first-order valence-electron chi connectivity index (χ1n) is 10.5. The number of aliphatic carboxylic acids is 1. The van der Waals surface area contributed by atoms with Crippen LogP contribution in [-0.4, -0.2) is 63.5 Å². The van der Waals surface area contributed by atoms with E-state index in [1.165, 1.54) is 12.1 Å². The lowest BCUT2D eigenvalue weighted by atomic mass is 9.65. The maximum absolute atomic E-state index is 13.6. The highest BCUT2D eigenvalue weighted by Gasteiger charge is 2.48. The van der Waals surface area contributed by atoms with Crippen LogP contribution in [0.4, 0.5) is 0 Å². The fraction of sp³-hybridized carbons (Fsp3) is 0.391. The number of aromatic hydroxyl groups is 3. The first kappa shape index (κ1) is 20.4. The number of carbonyl (C=O) groups excluding carboxylic acids is 1. The van der Waals surface area contributed by atoms with Gasteiger partial charge in [-0.1, -0.05) is 0 Å². The van der Waals surface area contributed by atoms with Crippen molar-refractivity contribution in [1.29, 1.82) is 0 Å². The zero-order valence-electron chi connectivity index (χ0n) is 17.2. The highest BCUT2D eigenvalue weighted by molar-refractivity contribution is 6.04. The number of Topliss-reactive ketones (excluding diaryl/α,β-unsaturated/α-hetero) is 1. The predicted octanol–water partition coefficient (Wildman–Crippen LogP) is 2.27. The van der Waals surface area contributed by atoms with E-state index in [1.54, 1.807) is 12.1 Å². The Morgan fingerprint density at radius 3 is 2.25 bits per heavy atom. The lowest BCUT2D eigenvalue weighted by molar-refractivity contribution is -0.144. The minimum absolute atomic E-state index is 0.00254. The highest BCUT2D eigenvalue weighted by atomic mass is 16.7. The number of phenolic OH excluding ortho intramolecular Hbond substituents is 3. The molecule has 3 atom stereocenters. The van der Waals surface area contributed by atoms with E-state index in [0.29, 0.717) is 29.2 Å². The van der Waals surface area contributed by atoms with Crippen molar-refractivity contribution in [2.24, 2.45) is 11.8 Å². The summed E-state index contributed by atoms with van der Waals surface area (Å²) in [5.74, 6) is -5.27. The summed E-state index contributed by atoms with van der Waals surface area (Å²) in [6, 6.07) is 5.64. The molecule has 1 fully saturated rings. The molecule has 3 aliphatic rings. The van der Waals surface area contributed by atoms with Crippen LogP contribution >= 0.6 is 0 Å². The molecule has 168 valence electrons. The lowest BCUT2D eigenvalue weighted by Crippen LogP contribution is -2.45. The number of fused-ring (bicyclic) bond motifs is 2. The molecular formula is C23H23NO8. The third-order valence-corrected chi connectivity index (χ3v) is 6.66. The Morgan fingerprint density at radius 2 is 1.62 bits per heavy atom. The van der Waals surface area contributed by atoms with Crippen LogP contribution in [0.5, 0.6) is 28.7 Å². The SMILES string of the molecule is O=C(O)[C@H]1[C@H](c2cc(O)c(O)c(O)c2)c2cc3c(cc2C(=O)[C@H]1CN1CCCC1)OCO3. The Morgan fingerprint density at radius 1 is 1.00 bits per heavy atom. The Bertz CT molecular complexity index is 1080. The minimum atomic E-state index is -1.15. The average molecular weight is 441 g/mol. The van der Waals surface area contributed by atoms with Crippen LogP contribution in [0.25, 0.3) is 0 Å². The Labute approximate surface area is 183 Å². The van der Waals surface area contributed by atoms with E-state index in [-0.39, 0.29) is 18.1 Å². The van der Waals surface area contributed by atoms with Crippen molar-refractivity contribution < 1.29 is 39.5 Å². The lowest BCUT2D eigenvalue weighted by Gasteiger charge is -2.38. The van der Waals surface area contributed by atoms with Gasteiger partial charge in [0.25, 0.3) is 0 Å². The number of ether oxygens (including phenoxy) is 2. The number of hydrogen-bond donors (Lipinski definition) is 4. The number of benzene rings is 2. The number of carboxylic acid groups (broad SMARTS) is 1. The molecule has 0 unspecified atom stereocenters. The van der Waals surface area contributed by atoms with Crippen molar-refractivity contribution in [1.82, 2.24) is 4.90 Å². The van der Waals surface area contributed by atoms with E-state index in [9.17, 15) is 30.0 Å². The molecule has 0 spiro atoms. The minimum Gasteiger partial charge on any atom is -0.504 e. The monoisotopic (exact) mass is 441 g/mol. The van der Waals surface area contributed by atoms with Gasteiger partial charge in [0.2, 0.25) is 6.79 Å². The molecule has 1 aliphatic carbocycles. The summed E-state index contributed by atoms with van der Waals surface area (Å²) in [7, 11) is 0. The summed E-state index contributed by atoms with van der Waals surface area (Å²) >= 11 is 0. The van der Waals surface area contributed by atoms with Gasteiger partial charge < -0.3 is 34.8 Å². The molecule has 0 saturated carbocycles. The van der Waals surface area contributed by atoms with Gasteiger partial charge in [-0.05, 0) is 61.3 Å². The summed E-state index contributed by atoms with van der Waals surface area (Å²) in [5, 5.41) is 40.3. The third-order valence-electron chi connectivity index (χ3n) is 6.66. The van der Waals surface area contributed by atoms with Crippen molar-refractivity contribution in [2.75, 3.05) is 26.4 Å². The molecule has 9 heteroatoms. The molecule has 2 heterocycles. The standard InChI is InChI=1S/C23H23NO8/c25-15-5-11(6-16(26)22(15)28)19-12-7-17-18(32-10-31-17)8-13(12)21(27)14(20(19)23(29)30)9-24-3-1-2-4-24/h5-8,14,19-20,25-26,28H,1-4,9-10H2,(H,29,30)/t14-,19+,20+/m0/s1. The molecule has 2 aromatic carbocycles. The molecule has 2 aliphatic heterocycles. The number of hydrogen-bond acceptors (Lipinski definition) is 8. The van der Waals surface area contributed by atoms with Crippen LogP contribution in [0.1, 0.15) is 40.2 Å². The van der Waals surface area contributed by atoms with Gasteiger partial charge in [0, 0.05) is 23.9 Å². The Balaban J connectivity index is 1.70. The van der Waals surface area contributed by atoms with Crippen LogP contribution in [-0.2, 0) is 4.79 Å². The van der Waals surface area contributed by atoms with Gasteiger partial charge in [-0.2, -0.15) is 0 Å². The van der Waals surface area contributed by atoms with Crippen LogP contribution in [0.15, 0.2) is 24.3 Å². The van der Waals surface area contributed by atoms with E-state index in [2.05, 4.69) is 4.90 Å². The van der Waals surface area contributed by atoms with E-state index >= 15 is 0 Å². The first-order valence-corrected chi connectivity index (χ1v) is 10.5. The topological polar surface area (TPSA) is 137 Å². The van der Waals surface area contributed by atoms with Gasteiger partial charge in [-0.15, -0.1) is 0 Å². The third kappa shape index (κ3) is 3.20. The maximum atomic E-state index is 13.6. The molecule has 9 nitrogen and oxygen atoms in total. The van der Waals surface area contributed by atoms with Crippen molar-refractivity contribution in [3.63, 3.8) is 0 Å². The van der Waals surface area contributed by atoms with Crippen molar-refractivity contribution in [2.45, 2.75) is 18.8 Å². The van der Waals surface area contributed by atoms with E-state index in [0.717, 1.165) is 25.9 Å². The zero-order chi connectivity index (χ0) is 22.6.